The van der Waals surface area contributed by atoms with E-state index in [1.165, 1.54) is 13.2 Å². The smallest absolute Gasteiger partial charge is 0.235 e. The third-order valence-corrected chi connectivity index (χ3v) is 3.79. The van der Waals surface area contributed by atoms with Crippen LogP contribution in [0.15, 0.2) is 24.4 Å². The molecule has 0 unspecified atom stereocenters. The van der Waals surface area contributed by atoms with Gasteiger partial charge in [0.1, 0.15) is 18.0 Å². The Bertz CT molecular complexity index is 695. The maximum Gasteiger partial charge on any atom is 0.235 e. The van der Waals surface area contributed by atoms with Crippen LogP contribution in [0, 0.1) is 10.1 Å². The van der Waals surface area contributed by atoms with Crippen LogP contribution in [0.5, 0.6) is 5.75 Å². The van der Waals surface area contributed by atoms with Gasteiger partial charge in [-0.25, -0.2) is 0 Å². The number of carbonyl (C=O) groups excluding carboxylic acids is 1. The average molecular weight is 400 g/mol. The van der Waals surface area contributed by atoms with Gasteiger partial charge in [0, 0.05) is 18.1 Å². The molecule has 2 rings (SSSR count). The van der Waals surface area contributed by atoms with Crippen molar-refractivity contribution in [2.45, 2.75) is 37.4 Å². The number of aliphatic hydroxyl groups is 4. The van der Waals surface area contributed by atoms with Crippen molar-refractivity contribution in [1.29, 1.82) is 0 Å². The van der Waals surface area contributed by atoms with Crippen LogP contribution in [0.1, 0.15) is 17.5 Å². The van der Waals surface area contributed by atoms with Crippen molar-refractivity contribution < 1.29 is 39.6 Å². The van der Waals surface area contributed by atoms with E-state index in [0.717, 1.165) is 6.20 Å². The van der Waals surface area contributed by atoms with Gasteiger partial charge in [-0.15, -0.1) is 0 Å². The highest BCUT2D eigenvalue weighted by molar-refractivity contribution is 5.77. The average Bonchev–Trinajstić information content (AvgIpc) is 2.63. The van der Waals surface area contributed by atoms with Crippen LogP contribution in [-0.2, 0) is 16.0 Å². The van der Waals surface area contributed by atoms with Crippen LogP contribution in [0.2, 0.25) is 0 Å². The van der Waals surface area contributed by atoms with E-state index in [-0.39, 0.29) is 12.8 Å². The molecular formula is C17H24N2O9. The molecule has 0 aromatic heterocycles. The highest BCUT2D eigenvalue weighted by atomic mass is 16.6. The minimum absolute atomic E-state index is 0.0162. The maximum absolute atomic E-state index is 10.8. The minimum Gasteiger partial charge on any atom is -0.496 e. The fourth-order valence-corrected chi connectivity index (χ4v) is 2.43. The molecule has 0 saturated carbocycles. The van der Waals surface area contributed by atoms with E-state index in [4.69, 9.17) is 35.6 Å². The number of hydrogen-bond donors (Lipinski definition) is 5. The molecule has 1 amide bonds. The van der Waals surface area contributed by atoms with E-state index >= 15 is 0 Å². The largest absolute Gasteiger partial charge is 0.496 e. The summed E-state index contributed by atoms with van der Waals surface area (Å²) < 4.78 is 9.80. The fourth-order valence-electron chi connectivity index (χ4n) is 2.43. The zero-order chi connectivity index (χ0) is 21.3. The van der Waals surface area contributed by atoms with Crippen molar-refractivity contribution in [3.63, 3.8) is 0 Å². The van der Waals surface area contributed by atoms with Crippen molar-refractivity contribution in [2.24, 2.45) is 5.73 Å². The molecule has 11 heteroatoms. The van der Waals surface area contributed by atoms with E-state index < -0.39 is 42.0 Å². The van der Waals surface area contributed by atoms with Gasteiger partial charge in [0.25, 0.3) is 0 Å². The fraction of sp³-hybridized carbons (Fsp3) is 0.471. The Morgan fingerprint density at radius 3 is 2.64 bits per heavy atom. The maximum atomic E-state index is 10.8. The lowest BCUT2D eigenvalue weighted by Crippen LogP contribution is -2.49. The molecule has 156 valence electrons. The number of carbonyl (C=O) groups is 1. The first kappa shape index (κ1) is 23.5. The van der Waals surface area contributed by atoms with Gasteiger partial charge in [-0.2, -0.15) is 0 Å². The number of rotatable bonds is 6. The summed E-state index contributed by atoms with van der Waals surface area (Å²) in [4.78, 5) is 20.4. The monoisotopic (exact) mass is 400 g/mol. The highest BCUT2D eigenvalue weighted by Crippen LogP contribution is 2.21. The summed E-state index contributed by atoms with van der Waals surface area (Å²) >= 11 is 0. The molecule has 1 aliphatic rings. The number of nitrogens with zero attached hydrogens (tertiary/aromatic N) is 1. The van der Waals surface area contributed by atoms with Gasteiger partial charge >= 0.3 is 0 Å². The van der Waals surface area contributed by atoms with E-state index in [9.17, 15) is 14.9 Å². The molecule has 4 atom stereocenters. The Hall–Kier alpha value is -2.57. The molecule has 1 aliphatic heterocycles. The Labute approximate surface area is 160 Å². The Morgan fingerprint density at radius 1 is 1.43 bits per heavy atom. The Kier molecular flexibility index (Phi) is 9.48. The Morgan fingerprint density at radius 2 is 2.11 bits per heavy atom. The molecule has 11 nitrogen and oxygen atoms in total. The molecular weight excluding hydrogens is 376 g/mol. The predicted molar refractivity (Wildman–Crippen MR) is 96.5 cm³/mol. The van der Waals surface area contributed by atoms with E-state index in [1.807, 2.05) is 0 Å². The number of ether oxygens (including phenoxy) is 2. The number of aliphatic hydroxyl groups excluding tert-OH is 4. The summed E-state index contributed by atoms with van der Waals surface area (Å²) in [6, 6.07) is 4.92. The van der Waals surface area contributed by atoms with Gasteiger partial charge in [-0.1, -0.05) is 12.1 Å². The van der Waals surface area contributed by atoms with Gasteiger partial charge in [0.05, 0.1) is 31.2 Å². The third-order valence-electron chi connectivity index (χ3n) is 3.79. The quantitative estimate of drug-likeness (QED) is 0.288. The number of hydrogen-bond acceptors (Lipinski definition) is 9. The van der Waals surface area contributed by atoms with E-state index in [0.29, 0.717) is 16.9 Å². The zero-order valence-electron chi connectivity index (χ0n) is 15.2. The summed E-state index contributed by atoms with van der Waals surface area (Å²) in [5, 5.41) is 45.8. The summed E-state index contributed by atoms with van der Waals surface area (Å²) in [5.41, 5.74) is 6.36. The van der Waals surface area contributed by atoms with Crippen LogP contribution < -0.4 is 10.5 Å². The van der Waals surface area contributed by atoms with Crippen LogP contribution in [-0.4, -0.2) is 69.6 Å². The lowest BCUT2D eigenvalue weighted by molar-refractivity contribution is -0.400. The van der Waals surface area contributed by atoms with Crippen LogP contribution in [0.3, 0.4) is 0 Å². The number of amides is 1. The molecule has 0 radical (unpaired) electrons. The van der Waals surface area contributed by atoms with Crippen molar-refractivity contribution in [2.75, 3.05) is 13.7 Å². The van der Waals surface area contributed by atoms with Crippen molar-refractivity contribution >= 4 is 12.0 Å². The predicted octanol–water partition coefficient (Wildman–Crippen LogP) is -1.22. The van der Waals surface area contributed by atoms with Gasteiger partial charge in [0.2, 0.25) is 12.1 Å². The number of nitrogens with two attached hydrogens (primary N) is 1. The van der Waals surface area contributed by atoms with E-state index in [2.05, 4.69) is 0 Å². The SMILES string of the molecule is COc1cc(C=C[N+](=O)[O-])ccc1CC(N)=O.OC[C@H]1O[C@H](O)C[C@@H](O)[C@@H]1O. The number of methoxy groups -OCH3 is 1. The molecule has 6 N–H and O–H groups in total. The molecule has 28 heavy (non-hydrogen) atoms. The van der Waals surface area contributed by atoms with Crippen molar-refractivity contribution in [3.8, 4) is 5.75 Å². The molecule has 0 aliphatic carbocycles. The lowest BCUT2D eigenvalue weighted by Gasteiger charge is -2.33. The van der Waals surface area contributed by atoms with Gasteiger partial charge < -0.3 is 35.6 Å². The normalized spacial score (nSPS) is 24.3. The summed E-state index contributed by atoms with van der Waals surface area (Å²) in [6.45, 7) is -0.407. The summed E-state index contributed by atoms with van der Waals surface area (Å²) in [7, 11) is 1.46. The molecule has 1 aromatic carbocycles. The van der Waals surface area contributed by atoms with Crippen molar-refractivity contribution in [1.82, 2.24) is 0 Å². The molecule has 1 saturated heterocycles. The molecule has 1 aromatic rings. The number of nitro groups is 1. The lowest BCUT2D eigenvalue weighted by atomic mass is 10.0. The third kappa shape index (κ3) is 7.58. The summed E-state index contributed by atoms with van der Waals surface area (Å²) in [5.74, 6) is 0.0196. The Balaban J connectivity index is 0.000000307. The molecule has 1 fully saturated rings. The molecule has 0 spiro atoms. The van der Waals surface area contributed by atoms with E-state index in [1.54, 1.807) is 18.2 Å². The highest BCUT2D eigenvalue weighted by Gasteiger charge is 2.35. The van der Waals surface area contributed by atoms with Crippen LogP contribution in [0.25, 0.3) is 6.08 Å². The molecule has 1 heterocycles. The van der Waals surface area contributed by atoms with Gasteiger partial charge in [0.15, 0.2) is 6.29 Å². The topological polar surface area (TPSA) is 186 Å². The zero-order valence-corrected chi connectivity index (χ0v) is 15.2. The second kappa shape index (κ2) is 11.3. The van der Waals surface area contributed by atoms with Crippen molar-refractivity contribution in [3.05, 3.63) is 45.6 Å². The second-order valence-corrected chi connectivity index (χ2v) is 5.92. The van der Waals surface area contributed by atoms with Gasteiger partial charge in [-0.3, -0.25) is 14.9 Å². The van der Waals surface area contributed by atoms with Crippen LogP contribution in [0.4, 0.5) is 0 Å². The standard InChI is InChI=1S/C11H12N2O4.C6H12O5/c1-17-10-6-8(4-5-13(15)16)2-3-9(10)7-11(12)14;7-2-4-6(10)3(8)1-5(9)11-4/h2-6H,7H2,1H3,(H2,12,14);3-10H,1-2H2/t;3-,4-,5+,6+/m.1/s1. The number of benzene rings is 1. The minimum atomic E-state index is -1.11. The molecule has 0 bridgehead atoms. The first-order chi connectivity index (χ1) is 13.2. The number of primary amides is 1. The summed E-state index contributed by atoms with van der Waals surface area (Å²) in [6.07, 6.45) is -1.86. The first-order valence-electron chi connectivity index (χ1n) is 8.25. The van der Waals surface area contributed by atoms with Gasteiger partial charge in [-0.05, 0) is 11.6 Å². The second-order valence-electron chi connectivity index (χ2n) is 5.92. The van der Waals surface area contributed by atoms with Crippen LogP contribution >= 0.6 is 0 Å². The first-order valence-corrected chi connectivity index (χ1v) is 8.25.